The maximum Gasteiger partial charge on any atom is 0.0513 e. The van der Waals surface area contributed by atoms with Crippen LogP contribution in [-0.4, -0.2) is 0 Å². The van der Waals surface area contributed by atoms with Gasteiger partial charge in [-0.15, -0.1) is 0 Å². The van der Waals surface area contributed by atoms with Gasteiger partial charge in [0.05, 0.1) is 6.04 Å². The molecule has 1 aromatic carbocycles. The lowest BCUT2D eigenvalue weighted by molar-refractivity contribution is 0.602. The molecule has 0 bridgehead atoms. The second kappa shape index (κ2) is 6.53. The summed E-state index contributed by atoms with van der Waals surface area (Å²) in [5.41, 5.74) is 10.4. The van der Waals surface area contributed by atoms with Crippen molar-refractivity contribution in [2.24, 2.45) is 5.73 Å². The molecule has 18 heavy (non-hydrogen) atoms. The molecule has 2 rings (SSSR count). The molecule has 98 valence electrons. The molecule has 0 saturated carbocycles. The average Bonchev–Trinajstić information content (AvgIpc) is 2.27. The second-order valence-corrected chi connectivity index (χ2v) is 6.13. The van der Waals surface area contributed by atoms with Gasteiger partial charge in [-0.2, -0.15) is 0 Å². The minimum absolute atomic E-state index is 0.0798. The van der Waals surface area contributed by atoms with E-state index in [2.05, 4.69) is 47.1 Å². The number of rotatable bonds is 2. The molecule has 2 heteroatoms. The molecule has 0 amide bonds. The fourth-order valence-corrected chi connectivity index (χ4v) is 3.16. The number of hydrogen-bond donors (Lipinski definition) is 1. The molecule has 1 atom stereocenters. The molecule has 1 nitrogen and oxygen atoms in total. The van der Waals surface area contributed by atoms with Crippen LogP contribution in [0.3, 0.4) is 0 Å². The van der Waals surface area contributed by atoms with Crippen molar-refractivity contribution in [3.8, 4) is 0 Å². The Kier molecular flexibility index (Phi) is 5.02. The Labute approximate surface area is 119 Å². The van der Waals surface area contributed by atoms with Crippen LogP contribution in [0.25, 0.3) is 0 Å². The molecule has 2 N–H and O–H groups in total. The smallest absolute Gasteiger partial charge is 0.0513 e. The zero-order valence-corrected chi connectivity index (χ0v) is 12.7. The van der Waals surface area contributed by atoms with E-state index in [1.165, 1.54) is 48.8 Å². The van der Waals surface area contributed by atoms with E-state index in [-0.39, 0.29) is 6.04 Å². The molecule has 0 saturated heterocycles. The van der Waals surface area contributed by atoms with E-state index < -0.39 is 0 Å². The van der Waals surface area contributed by atoms with Gasteiger partial charge in [-0.25, -0.2) is 0 Å². The summed E-state index contributed by atoms with van der Waals surface area (Å²) in [7, 11) is 0. The summed E-state index contributed by atoms with van der Waals surface area (Å²) < 4.78 is 1.13. The molecule has 1 aliphatic rings. The Morgan fingerprint density at radius 2 is 1.94 bits per heavy atom. The van der Waals surface area contributed by atoms with Crippen molar-refractivity contribution >= 4 is 15.9 Å². The van der Waals surface area contributed by atoms with Gasteiger partial charge in [0, 0.05) is 4.47 Å². The number of allylic oxidation sites excluding steroid dienone is 1. The van der Waals surface area contributed by atoms with E-state index in [1.807, 2.05) is 0 Å². The Bertz CT molecular complexity index is 437. The molecule has 0 heterocycles. The van der Waals surface area contributed by atoms with Crippen LogP contribution in [-0.2, 0) is 0 Å². The zero-order valence-electron chi connectivity index (χ0n) is 11.1. The van der Waals surface area contributed by atoms with Crippen molar-refractivity contribution in [2.75, 3.05) is 0 Å². The van der Waals surface area contributed by atoms with Gasteiger partial charge in [-0.3, -0.25) is 0 Å². The standard InChI is InChI=1S/C16H22BrN/c1-12-11-14(17)9-10-15(12)16(18)13-7-5-3-2-4-6-8-13/h7,9-11,16H,2-6,8,18H2,1H3/b13-7+. The summed E-state index contributed by atoms with van der Waals surface area (Å²) in [6.45, 7) is 2.14. The minimum atomic E-state index is 0.0798. The third-order valence-corrected chi connectivity index (χ3v) is 4.29. The van der Waals surface area contributed by atoms with E-state index in [0.717, 1.165) is 10.9 Å². The SMILES string of the molecule is Cc1cc(Br)ccc1C(N)/C1=C/CCCCCC1. The van der Waals surface area contributed by atoms with Crippen LogP contribution < -0.4 is 5.73 Å². The molecular formula is C16H22BrN. The maximum absolute atomic E-state index is 6.46. The predicted molar refractivity (Wildman–Crippen MR) is 81.6 cm³/mol. The van der Waals surface area contributed by atoms with Crippen LogP contribution in [0.2, 0.25) is 0 Å². The summed E-state index contributed by atoms with van der Waals surface area (Å²) >= 11 is 3.51. The molecule has 0 aromatic heterocycles. The normalized spacial score (nSPS) is 21.6. The van der Waals surface area contributed by atoms with Crippen LogP contribution >= 0.6 is 15.9 Å². The van der Waals surface area contributed by atoms with Gasteiger partial charge in [0.2, 0.25) is 0 Å². The first-order valence-corrected chi connectivity index (χ1v) is 7.68. The first-order chi connectivity index (χ1) is 8.68. The molecule has 1 unspecified atom stereocenters. The monoisotopic (exact) mass is 307 g/mol. The maximum atomic E-state index is 6.46. The summed E-state index contributed by atoms with van der Waals surface area (Å²) in [5.74, 6) is 0. The van der Waals surface area contributed by atoms with Gasteiger partial charge in [-0.05, 0) is 55.9 Å². The highest BCUT2D eigenvalue weighted by molar-refractivity contribution is 9.10. The topological polar surface area (TPSA) is 26.0 Å². The van der Waals surface area contributed by atoms with Crippen molar-refractivity contribution in [2.45, 2.75) is 51.5 Å². The highest BCUT2D eigenvalue weighted by atomic mass is 79.9. The van der Waals surface area contributed by atoms with Gasteiger partial charge in [0.25, 0.3) is 0 Å². The summed E-state index contributed by atoms with van der Waals surface area (Å²) in [6, 6.07) is 6.48. The van der Waals surface area contributed by atoms with Gasteiger partial charge in [0.15, 0.2) is 0 Å². The Morgan fingerprint density at radius 3 is 2.72 bits per heavy atom. The van der Waals surface area contributed by atoms with Gasteiger partial charge >= 0.3 is 0 Å². The first-order valence-electron chi connectivity index (χ1n) is 6.89. The Balaban J connectivity index is 2.20. The predicted octanol–water partition coefficient (Wildman–Crippen LogP) is 5.04. The van der Waals surface area contributed by atoms with Crippen molar-refractivity contribution in [1.82, 2.24) is 0 Å². The summed E-state index contributed by atoms with van der Waals surface area (Å²) in [5, 5.41) is 0. The van der Waals surface area contributed by atoms with E-state index in [4.69, 9.17) is 5.73 Å². The van der Waals surface area contributed by atoms with E-state index >= 15 is 0 Å². The fourth-order valence-electron chi connectivity index (χ4n) is 2.69. The highest BCUT2D eigenvalue weighted by Crippen LogP contribution is 2.29. The Hall–Kier alpha value is -0.600. The van der Waals surface area contributed by atoms with Gasteiger partial charge < -0.3 is 5.73 Å². The zero-order chi connectivity index (χ0) is 13.0. The lowest BCUT2D eigenvalue weighted by Gasteiger charge is -2.20. The quantitative estimate of drug-likeness (QED) is 0.761. The molecule has 0 aliphatic heterocycles. The number of halogens is 1. The van der Waals surface area contributed by atoms with Crippen LogP contribution in [0.4, 0.5) is 0 Å². The fraction of sp³-hybridized carbons (Fsp3) is 0.500. The largest absolute Gasteiger partial charge is 0.321 e. The molecule has 0 spiro atoms. The van der Waals surface area contributed by atoms with Crippen LogP contribution in [0.1, 0.15) is 55.7 Å². The van der Waals surface area contributed by atoms with Crippen LogP contribution in [0, 0.1) is 6.92 Å². The molecule has 1 aliphatic carbocycles. The van der Waals surface area contributed by atoms with Crippen molar-refractivity contribution in [3.05, 3.63) is 45.4 Å². The average molecular weight is 308 g/mol. The van der Waals surface area contributed by atoms with E-state index in [1.54, 1.807) is 0 Å². The van der Waals surface area contributed by atoms with E-state index in [0.29, 0.717) is 0 Å². The first kappa shape index (κ1) is 13.8. The molecule has 0 radical (unpaired) electrons. The van der Waals surface area contributed by atoms with E-state index in [9.17, 15) is 0 Å². The van der Waals surface area contributed by atoms with Crippen LogP contribution in [0.5, 0.6) is 0 Å². The third-order valence-electron chi connectivity index (χ3n) is 3.79. The summed E-state index contributed by atoms with van der Waals surface area (Å²) in [4.78, 5) is 0. The Morgan fingerprint density at radius 1 is 1.17 bits per heavy atom. The van der Waals surface area contributed by atoms with Crippen molar-refractivity contribution in [1.29, 1.82) is 0 Å². The van der Waals surface area contributed by atoms with Crippen LogP contribution in [0.15, 0.2) is 34.3 Å². The lowest BCUT2D eigenvalue weighted by atomic mass is 9.90. The lowest BCUT2D eigenvalue weighted by Crippen LogP contribution is -2.15. The molecule has 0 fully saturated rings. The number of benzene rings is 1. The minimum Gasteiger partial charge on any atom is -0.321 e. The van der Waals surface area contributed by atoms with Gasteiger partial charge in [-0.1, -0.05) is 46.5 Å². The molecule has 1 aromatic rings. The number of hydrogen-bond acceptors (Lipinski definition) is 1. The summed E-state index contributed by atoms with van der Waals surface area (Å²) in [6.07, 6.45) is 10.1. The highest BCUT2D eigenvalue weighted by Gasteiger charge is 2.14. The van der Waals surface area contributed by atoms with Crippen molar-refractivity contribution < 1.29 is 0 Å². The van der Waals surface area contributed by atoms with Crippen molar-refractivity contribution in [3.63, 3.8) is 0 Å². The van der Waals surface area contributed by atoms with Gasteiger partial charge in [0.1, 0.15) is 0 Å². The third kappa shape index (κ3) is 3.46. The second-order valence-electron chi connectivity index (χ2n) is 5.21. The number of aryl methyl sites for hydroxylation is 1. The molecular weight excluding hydrogens is 286 g/mol. The number of nitrogens with two attached hydrogens (primary N) is 1.